The molecule has 0 aromatic heterocycles. The van der Waals surface area contributed by atoms with Gasteiger partial charge in [0.25, 0.3) is 0 Å². The van der Waals surface area contributed by atoms with Crippen molar-refractivity contribution < 1.29 is 18.9 Å². The standard InChI is InChI=1S/C43H56O4P2/c1-25-15-27(3)39(28(4)16-25)48(40-29(5)17-26(2)18-30(40)6)23-37-38(47-43(11,12)46-37)24-49(41-31(7)19-35(44-13)20-32(41)8)42-33(9)21-36(45-14)22-34(42)10/h15-22,37-38H,23-24H2,1-14H3/t37-,38-/m0/s1. The van der Waals surface area contributed by atoms with Gasteiger partial charge in [-0.05, 0) is 189 Å². The van der Waals surface area contributed by atoms with E-state index in [4.69, 9.17) is 18.9 Å². The van der Waals surface area contributed by atoms with E-state index >= 15 is 0 Å². The summed E-state index contributed by atoms with van der Waals surface area (Å²) in [6, 6.07) is 18.2. The lowest BCUT2D eigenvalue weighted by molar-refractivity contribution is -0.142. The van der Waals surface area contributed by atoms with Crippen LogP contribution < -0.4 is 30.7 Å². The zero-order valence-electron chi connectivity index (χ0n) is 32.2. The molecule has 1 fully saturated rings. The van der Waals surface area contributed by atoms with Crippen molar-refractivity contribution >= 4 is 37.1 Å². The molecule has 0 bridgehead atoms. The van der Waals surface area contributed by atoms with Gasteiger partial charge in [0.15, 0.2) is 5.79 Å². The molecule has 1 aliphatic heterocycles. The molecule has 1 aliphatic rings. The molecule has 4 aromatic rings. The average Bonchev–Trinajstić information content (AvgIpc) is 3.27. The molecule has 1 heterocycles. The van der Waals surface area contributed by atoms with E-state index in [1.165, 1.54) is 76.9 Å². The van der Waals surface area contributed by atoms with Crippen molar-refractivity contribution in [3.05, 3.63) is 104 Å². The van der Waals surface area contributed by atoms with Crippen molar-refractivity contribution in [2.45, 2.75) is 101 Å². The van der Waals surface area contributed by atoms with Gasteiger partial charge in [0.1, 0.15) is 11.5 Å². The minimum Gasteiger partial charge on any atom is -0.497 e. The third-order valence-corrected chi connectivity index (χ3v) is 16.2. The first-order chi connectivity index (χ1) is 23.0. The highest BCUT2D eigenvalue weighted by atomic mass is 31.1. The van der Waals surface area contributed by atoms with Gasteiger partial charge in [0.05, 0.1) is 26.4 Å². The number of ether oxygens (including phenoxy) is 4. The predicted octanol–water partition coefficient (Wildman–Crippen LogP) is 8.87. The quantitative estimate of drug-likeness (QED) is 0.155. The Labute approximate surface area is 298 Å². The minimum atomic E-state index is -0.824. The molecule has 1 saturated heterocycles. The maximum absolute atomic E-state index is 6.97. The van der Waals surface area contributed by atoms with Gasteiger partial charge in [0, 0.05) is 12.3 Å². The van der Waals surface area contributed by atoms with E-state index in [9.17, 15) is 0 Å². The number of aryl methyl sites for hydroxylation is 10. The Morgan fingerprint density at radius 1 is 0.469 bits per heavy atom. The normalized spacial score (nSPS) is 17.3. The molecule has 4 aromatic carbocycles. The Balaban J connectivity index is 1.66. The van der Waals surface area contributed by atoms with Crippen LogP contribution in [0.5, 0.6) is 11.5 Å². The third-order valence-electron chi connectivity index (χ3n) is 9.76. The first-order valence-electron chi connectivity index (χ1n) is 17.4. The summed E-state index contributed by atoms with van der Waals surface area (Å²) in [4.78, 5) is 0. The SMILES string of the molecule is COc1cc(C)c(P(C[C@@H]2OC(C)(C)O[C@H]2CP(c2c(C)cc(C)cc2C)c2c(C)cc(C)cc2C)c2c(C)cc(OC)cc2C)c(C)c1. The van der Waals surface area contributed by atoms with Crippen LogP contribution in [-0.4, -0.2) is 44.5 Å². The molecule has 2 atom stereocenters. The van der Waals surface area contributed by atoms with Gasteiger partial charge in [-0.25, -0.2) is 0 Å². The highest BCUT2D eigenvalue weighted by Crippen LogP contribution is 2.48. The van der Waals surface area contributed by atoms with Crippen LogP contribution in [0.15, 0.2) is 48.5 Å². The van der Waals surface area contributed by atoms with E-state index in [2.05, 4.69) is 132 Å². The van der Waals surface area contributed by atoms with E-state index in [0.29, 0.717) is 0 Å². The molecular formula is C43H56O4P2. The maximum atomic E-state index is 6.97. The van der Waals surface area contributed by atoms with Crippen molar-refractivity contribution in [1.29, 1.82) is 0 Å². The van der Waals surface area contributed by atoms with Crippen LogP contribution in [0.1, 0.15) is 69.5 Å². The second-order valence-electron chi connectivity index (χ2n) is 14.6. The fourth-order valence-electron chi connectivity index (χ4n) is 8.28. The maximum Gasteiger partial charge on any atom is 0.163 e. The average molecular weight is 699 g/mol. The van der Waals surface area contributed by atoms with Gasteiger partial charge in [-0.2, -0.15) is 0 Å². The molecule has 0 N–H and O–H groups in total. The third kappa shape index (κ3) is 7.94. The zero-order valence-corrected chi connectivity index (χ0v) is 34.0. The van der Waals surface area contributed by atoms with Crippen molar-refractivity contribution in [3.63, 3.8) is 0 Å². The topological polar surface area (TPSA) is 36.9 Å². The first-order valence-corrected chi connectivity index (χ1v) is 20.5. The zero-order chi connectivity index (χ0) is 35.9. The summed E-state index contributed by atoms with van der Waals surface area (Å²) in [7, 11) is 1.93. The number of hydrogen-bond acceptors (Lipinski definition) is 4. The highest BCUT2D eigenvalue weighted by molar-refractivity contribution is 7.74. The Kier molecular flexibility index (Phi) is 11.4. The van der Waals surface area contributed by atoms with Crippen LogP contribution in [0.3, 0.4) is 0 Å². The Bertz CT molecular complexity index is 1650. The summed E-state index contributed by atoms with van der Waals surface area (Å²) >= 11 is 0. The Morgan fingerprint density at radius 3 is 0.959 bits per heavy atom. The summed E-state index contributed by atoms with van der Waals surface area (Å²) in [6.45, 7) is 26.7. The molecule has 0 aliphatic carbocycles. The van der Waals surface area contributed by atoms with Crippen LogP contribution >= 0.6 is 15.8 Å². The fraction of sp³-hybridized carbons (Fsp3) is 0.442. The van der Waals surface area contributed by atoms with Gasteiger partial charge < -0.3 is 18.9 Å². The van der Waals surface area contributed by atoms with Crippen LogP contribution in [0, 0.1) is 69.2 Å². The van der Waals surface area contributed by atoms with Crippen molar-refractivity contribution in [2.75, 3.05) is 26.5 Å². The molecule has 0 unspecified atom stereocenters. The molecule has 0 spiro atoms. The van der Waals surface area contributed by atoms with E-state index in [-0.39, 0.29) is 12.2 Å². The lowest BCUT2D eigenvalue weighted by atomic mass is 10.1. The second-order valence-corrected chi connectivity index (χ2v) is 18.9. The number of rotatable bonds is 10. The van der Waals surface area contributed by atoms with Crippen LogP contribution in [0.4, 0.5) is 0 Å². The summed E-state index contributed by atoms with van der Waals surface area (Å²) < 4.78 is 25.3. The minimum absolute atomic E-state index is 0.0657. The van der Waals surface area contributed by atoms with Crippen LogP contribution in [-0.2, 0) is 9.47 Å². The smallest absolute Gasteiger partial charge is 0.163 e. The van der Waals surface area contributed by atoms with E-state index in [1.807, 2.05) is 0 Å². The molecule has 0 amide bonds. The number of benzene rings is 4. The van der Waals surface area contributed by atoms with Gasteiger partial charge in [-0.15, -0.1) is 0 Å². The van der Waals surface area contributed by atoms with Gasteiger partial charge in [-0.1, -0.05) is 35.4 Å². The number of methoxy groups -OCH3 is 2. The molecule has 5 rings (SSSR count). The molecule has 4 nitrogen and oxygen atoms in total. The van der Waals surface area contributed by atoms with E-state index in [0.717, 1.165) is 23.8 Å². The molecule has 6 heteroatoms. The molecular weight excluding hydrogens is 642 g/mol. The predicted molar refractivity (Wildman–Crippen MR) is 212 cm³/mol. The largest absolute Gasteiger partial charge is 0.497 e. The lowest BCUT2D eigenvalue weighted by Gasteiger charge is -2.32. The monoisotopic (exact) mass is 698 g/mol. The van der Waals surface area contributed by atoms with E-state index in [1.54, 1.807) is 14.2 Å². The van der Waals surface area contributed by atoms with Gasteiger partial charge in [0.2, 0.25) is 0 Å². The van der Waals surface area contributed by atoms with Crippen LogP contribution in [0.25, 0.3) is 0 Å². The molecule has 262 valence electrons. The summed E-state index contributed by atoms with van der Waals surface area (Å²) in [5, 5.41) is 5.76. The molecule has 0 saturated carbocycles. The fourth-order valence-corrected chi connectivity index (χ4v) is 14.7. The summed E-state index contributed by atoms with van der Waals surface area (Å²) in [5.74, 6) is 1.12. The Hall–Kier alpha value is -2.74. The van der Waals surface area contributed by atoms with Gasteiger partial charge in [-0.3, -0.25) is 0 Å². The van der Waals surface area contributed by atoms with Gasteiger partial charge >= 0.3 is 0 Å². The van der Waals surface area contributed by atoms with Crippen molar-refractivity contribution in [2.24, 2.45) is 0 Å². The number of hydrogen-bond donors (Lipinski definition) is 0. The highest BCUT2D eigenvalue weighted by Gasteiger charge is 2.45. The summed E-state index contributed by atoms with van der Waals surface area (Å²) in [6.07, 6.45) is 1.63. The molecule has 0 radical (unpaired) electrons. The lowest BCUT2D eigenvalue weighted by Crippen LogP contribution is -2.36. The van der Waals surface area contributed by atoms with Crippen molar-refractivity contribution in [3.8, 4) is 11.5 Å². The molecule has 49 heavy (non-hydrogen) atoms. The van der Waals surface area contributed by atoms with Crippen LogP contribution in [0.2, 0.25) is 0 Å². The first kappa shape index (κ1) is 37.5. The second kappa shape index (κ2) is 14.9. The Morgan fingerprint density at radius 2 is 0.714 bits per heavy atom. The van der Waals surface area contributed by atoms with Crippen molar-refractivity contribution in [1.82, 2.24) is 0 Å². The van der Waals surface area contributed by atoms with E-state index < -0.39 is 21.6 Å². The summed E-state index contributed by atoms with van der Waals surface area (Å²) in [5.41, 5.74) is 13.1.